The van der Waals surface area contributed by atoms with E-state index in [2.05, 4.69) is 0 Å². The van der Waals surface area contributed by atoms with Gasteiger partial charge < -0.3 is 5.73 Å². The van der Waals surface area contributed by atoms with E-state index in [-0.39, 0.29) is 5.82 Å². The lowest BCUT2D eigenvalue weighted by atomic mass is 10.0. The Hall–Kier alpha value is -1.54. The predicted octanol–water partition coefficient (Wildman–Crippen LogP) is 4.04. The van der Waals surface area contributed by atoms with E-state index in [1.807, 2.05) is 6.07 Å². The molecule has 0 saturated carbocycles. The highest BCUT2D eigenvalue weighted by Crippen LogP contribution is 2.30. The summed E-state index contributed by atoms with van der Waals surface area (Å²) in [5, 5.41) is 0.575. The number of benzene rings is 2. The monoisotopic (exact) mass is 235 g/mol. The number of nitrogen functional groups attached to an aromatic ring is 1. The zero-order valence-electron chi connectivity index (χ0n) is 8.80. The minimum absolute atomic E-state index is 0.213. The molecular formula is C13H11ClFN. The van der Waals surface area contributed by atoms with Crippen LogP contribution >= 0.6 is 11.6 Å². The van der Waals surface area contributed by atoms with Crippen LogP contribution < -0.4 is 5.73 Å². The lowest BCUT2D eigenvalue weighted by Crippen LogP contribution is -1.88. The molecule has 0 aliphatic heterocycles. The van der Waals surface area contributed by atoms with Crippen LogP contribution in [0.1, 0.15) is 5.56 Å². The van der Waals surface area contributed by atoms with Gasteiger partial charge >= 0.3 is 0 Å². The molecular weight excluding hydrogens is 225 g/mol. The van der Waals surface area contributed by atoms with Gasteiger partial charge in [-0.15, -0.1) is 0 Å². The molecule has 2 aromatic rings. The number of rotatable bonds is 1. The van der Waals surface area contributed by atoms with E-state index in [1.165, 1.54) is 6.07 Å². The third kappa shape index (κ3) is 2.02. The van der Waals surface area contributed by atoms with Gasteiger partial charge in [0, 0.05) is 11.3 Å². The average molecular weight is 236 g/mol. The maximum Gasteiger partial charge on any atom is 0.126 e. The summed E-state index contributed by atoms with van der Waals surface area (Å²) >= 11 is 6.08. The quantitative estimate of drug-likeness (QED) is 0.742. The molecule has 0 saturated heterocycles. The number of aryl methyl sites for hydroxylation is 1. The van der Waals surface area contributed by atoms with E-state index < -0.39 is 0 Å². The summed E-state index contributed by atoms with van der Waals surface area (Å²) in [6, 6.07) is 10.2. The van der Waals surface area contributed by atoms with Gasteiger partial charge in [0.15, 0.2) is 0 Å². The minimum Gasteiger partial charge on any atom is -0.399 e. The molecule has 2 aromatic carbocycles. The SMILES string of the molecule is Cc1cc(-c2ccc(N)cc2Cl)ccc1F. The summed E-state index contributed by atoms with van der Waals surface area (Å²) in [7, 11) is 0. The number of anilines is 1. The first-order chi connectivity index (χ1) is 7.58. The molecule has 0 atom stereocenters. The van der Waals surface area contributed by atoms with Gasteiger partial charge in [0.05, 0.1) is 5.02 Å². The maximum atomic E-state index is 13.1. The lowest BCUT2D eigenvalue weighted by Gasteiger charge is -2.07. The van der Waals surface area contributed by atoms with E-state index in [0.29, 0.717) is 16.3 Å². The third-order valence-corrected chi connectivity index (χ3v) is 2.77. The van der Waals surface area contributed by atoms with Crippen molar-refractivity contribution in [3.8, 4) is 11.1 Å². The summed E-state index contributed by atoms with van der Waals surface area (Å²) < 4.78 is 13.1. The van der Waals surface area contributed by atoms with E-state index in [0.717, 1.165) is 11.1 Å². The Kier molecular flexibility index (Phi) is 2.84. The minimum atomic E-state index is -0.213. The van der Waals surface area contributed by atoms with Gasteiger partial charge in [0.2, 0.25) is 0 Å². The molecule has 0 amide bonds. The Morgan fingerprint density at radius 1 is 1.12 bits per heavy atom. The van der Waals surface area contributed by atoms with Crippen LogP contribution in [0.3, 0.4) is 0 Å². The van der Waals surface area contributed by atoms with Gasteiger partial charge in [-0.2, -0.15) is 0 Å². The summed E-state index contributed by atoms with van der Waals surface area (Å²) in [4.78, 5) is 0. The van der Waals surface area contributed by atoms with Crippen LogP contribution in [0.4, 0.5) is 10.1 Å². The fraction of sp³-hybridized carbons (Fsp3) is 0.0769. The first kappa shape index (κ1) is 11.0. The van der Waals surface area contributed by atoms with Crippen molar-refractivity contribution >= 4 is 17.3 Å². The molecule has 0 aliphatic rings. The second-order valence-electron chi connectivity index (χ2n) is 3.70. The van der Waals surface area contributed by atoms with Crippen molar-refractivity contribution in [1.29, 1.82) is 0 Å². The number of hydrogen-bond donors (Lipinski definition) is 1. The van der Waals surface area contributed by atoms with Gasteiger partial charge in [0.25, 0.3) is 0 Å². The van der Waals surface area contributed by atoms with Crippen molar-refractivity contribution in [2.45, 2.75) is 6.92 Å². The molecule has 82 valence electrons. The van der Waals surface area contributed by atoms with Crippen molar-refractivity contribution in [2.24, 2.45) is 0 Å². The molecule has 0 unspecified atom stereocenters. The van der Waals surface area contributed by atoms with Gasteiger partial charge in [-0.1, -0.05) is 23.7 Å². The van der Waals surface area contributed by atoms with Crippen LogP contribution in [0.2, 0.25) is 5.02 Å². The van der Waals surface area contributed by atoms with Crippen molar-refractivity contribution < 1.29 is 4.39 Å². The molecule has 0 spiro atoms. The summed E-state index contributed by atoms with van der Waals surface area (Å²) in [5.41, 5.74) is 8.59. The number of halogens is 2. The smallest absolute Gasteiger partial charge is 0.126 e. The maximum absolute atomic E-state index is 13.1. The van der Waals surface area contributed by atoms with Crippen LogP contribution in [0.5, 0.6) is 0 Å². The molecule has 0 heterocycles. The Morgan fingerprint density at radius 2 is 1.88 bits per heavy atom. The van der Waals surface area contributed by atoms with Crippen LogP contribution in [-0.4, -0.2) is 0 Å². The van der Waals surface area contributed by atoms with E-state index in [9.17, 15) is 4.39 Å². The molecule has 0 aromatic heterocycles. The largest absolute Gasteiger partial charge is 0.399 e. The Bertz CT molecular complexity index is 537. The van der Waals surface area contributed by atoms with E-state index in [1.54, 1.807) is 31.2 Å². The van der Waals surface area contributed by atoms with Gasteiger partial charge in [-0.25, -0.2) is 4.39 Å². The fourth-order valence-electron chi connectivity index (χ4n) is 1.58. The van der Waals surface area contributed by atoms with Crippen molar-refractivity contribution in [1.82, 2.24) is 0 Å². The highest BCUT2D eigenvalue weighted by molar-refractivity contribution is 6.33. The standard InChI is InChI=1S/C13H11ClFN/c1-8-6-9(2-5-13(8)15)11-4-3-10(16)7-12(11)14/h2-7H,16H2,1H3. The van der Waals surface area contributed by atoms with E-state index in [4.69, 9.17) is 17.3 Å². The highest BCUT2D eigenvalue weighted by atomic mass is 35.5. The molecule has 0 radical (unpaired) electrons. The molecule has 2 rings (SSSR count). The fourth-order valence-corrected chi connectivity index (χ4v) is 1.88. The molecule has 0 fully saturated rings. The topological polar surface area (TPSA) is 26.0 Å². The van der Waals surface area contributed by atoms with Gasteiger partial charge in [-0.05, 0) is 42.3 Å². The molecule has 1 nitrogen and oxygen atoms in total. The Labute approximate surface area is 98.7 Å². The molecule has 2 N–H and O–H groups in total. The van der Waals surface area contributed by atoms with Crippen LogP contribution in [-0.2, 0) is 0 Å². The van der Waals surface area contributed by atoms with Crippen LogP contribution in [0.15, 0.2) is 36.4 Å². The van der Waals surface area contributed by atoms with Crippen LogP contribution in [0.25, 0.3) is 11.1 Å². The molecule has 16 heavy (non-hydrogen) atoms. The van der Waals surface area contributed by atoms with Gasteiger partial charge in [-0.3, -0.25) is 0 Å². The second kappa shape index (κ2) is 4.14. The highest BCUT2D eigenvalue weighted by Gasteiger charge is 2.05. The van der Waals surface area contributed by atoms with Gasteiger partial charge in [0.1, 0.15) is 5.82 Å². The summed E-state index contributed by atoms with van der Waals surface area (Å²) in [5.74, 6) is -0.213. The van der Waals surface area contributed by atoms with Crippen molar-refractivity contribution in [3.05, 3.63) is 52.8 Å². The third-order valence-electron chi connectivity index (χ3n) is 2.46. The van der Waals surface area contributed by atoms with Crippen LogP contribution in [0, 0.1) is 12.7 Å². The second-order valence-corrected chi connectivity index (χ2v) is 4.11. The Morgan fingerprint density at radius 3 is 2.50 bits per heavy atom. The Balaban J connectivity index is 2.54. The summed E-state index contributed by atoms with van der Waals surface area (Å²) in [6.45, 7) is 1.73. The average Bonchev–Trinajstić information content (AvgIpc) is 2.22. The lowest BCUT2D eigenvalue weighted by molar-refractivity contribution is 0.619. The first-order valence-electron chi connectivity index (χ1n) is 4.89. The zero-order chi connectivity index (χ0) is 11.7. The predicted molar refractivity (Wildman–Crippen MR) is 66.0 cm³/mol. The molecule has 0 aliphatic carbocycles. The van der Waals surface area contributed by atoms with Crippen molar-refractivity contribution in [2.75, 3.05) is 5.73 Å². The molecule has 3 heteroatoms. The number of nitrogens with two attached hydrogens (primary N) is 1. The number of hydrogen-bond acceptors (Lipinski definition) is 1. The zero-order valence-corrected chi connectivity index (χ0v) is 9.55. The molecule has 0 bridgehead atoms. The first-order valence-corrected chi connectivity index (χ1v) is 5.27. The normalized spacial score (nSPS) is 10.4. The summed E-state index contributed by atoms with van der Waals surface area (Å²) in [6.07, 6.45) is 0. The van der Waals surface area contributed by atoms with E-state index >= 15 is 0 Å². The van der Waals surface area contributed by atoms with Crippen molar-refractivity contribution in [3.63, 3.8) is 0 Å².